The Balaban J connectivity index is 1.36. The highest BCUT2D eigenvalue weighted by Crippen LogP contribution is 2.30. The second-order valence-corrected chi connectivity index (χ2v) is 9.68. The maximum absolute atomic E-state index is 13.3. The number of nitrogens with zero attached hydrogens (tertiary/aromatic N) is 5. The number of hydrogen-bond donors (Lipinski definition) is 1. The van der Waals surface area contributed by atoms with Crippen molar-refractivity contribution in [1.29, 1.82) is 0 Å². The minimum absolute atomic E-state index is 0.170. The van der Waals surface area contributed by atoms with Gasteiger partial charge in [0.15, 0.2) is 0 Å². The van der Waals surface area contributed by atoms with Gasteiger partial charge in [0.05, 0.1) is 34.9 Å². The molecule has 10 heteroatoms. The van der Waals surface area contributed by atoms with Crippen molar-refractivity contribution in [3.05, 3.63) is 59.2 Å². The van der Waals surface area contributed by atoms with Gasteiger partial charge in [0.25, 0.3) is 5.91 Å². The summed E-state index contributed by atoms with van der Waals surface area (Å²) in [5, 5.41) is 6.75. The molecule has 4 aromatic rings. The normalized spacial score (nSPS) is 15.9. The molecule has 2 N–H and O–H groups in total. The Morgan fingerprint density at radius 2 is 1.97 bits per heavy atom. The van der Waals surface area contributed by atoms with Gasteiger partial charge in [-0.1, -0.05) is 37.1 Å². The lowest BCUT2D eigenvalue weighted by Crippen LogP contribution is -2.60. The third-order valence-electron chi connectivity index (χ3n) is 6.58. The molecular weight excluding hydrogens is 492 g/mol. The molecule has 0 saturated carbocycles. The number of amides is 2. The summed E-state index contributed by atoms with van der Waals surface area (Å²) in [4.78, 5) is 33.6. The molecule has 0 bridgehead atoms. The number of carbonyl (C=O) groups excluding carboxylic acids is 2. The van der Waals surface area contributed by atoms with Crippen molar-refractivity contribution in [1.82, 2.24) is 24.6 Å². The summed E-state index contributed by atoms with van der Waals surface area (Å²) >= 11 is 6.61. The third kappa shape index (κ3) is 5.10. The molecule has 1 atom stereocenters. The number of aromatic nitrogens is 3. The molecule has 0 aliphatic carbocycles. The molecule has 1 aliphatic rings. The summed E-state index contributed by atoms with van der Waals surface area (Å²) in [7, 11) is 1.88. The van der Waals surface area contributed by atoms with Crippen LogP contribution >= 0.6 is 11.6 Å². The van der Waals surface area contributed by atoms with Crippen molar-refractivity contribution in [3.8, 4) is 11.3 Å². The first-order valence-corrected chi connectivity index (χ1v) is 12.7. The molecule has 1 saturated heterocycles. The van der Waals surface area contributed by atoms with E-state index in [2.05, 4.69) is 5.10 Å². The number of piperazine rings is 1. The monoisotopic (exact) mass is 520 g/mol. The zero-order chi connectivity index (χ0) is 26.1. The van der Waals surface area contributed by atoms with E-state index >= 15 is 0 Å². The van der Waals surface area contributed by atoms with Gasteiger partial charge >= 0.3 is 6.09 Å². The fourth-order valence-corrected chi connectivity index (χ4v) is 4.83. The molecule has 2 amide bonds. The lowest BCUT2D eigenvalue weighted by atomic mass is 10.1. The summed E-state index contributed by atoms with van der Waals surface area (Å²) in [6.45, 7) is 3.30. The molecule has 9 nitrogen and oxygen atoms in total. The summed E-state index contributed by atoms with van der Waals surface area (Å²) in [5.74, 6) is -0.170. The minimum atomic E-state index is -0.631. The number of unbranched alkanes of at least 4 members (excludes halogenated alkanes) is 1. The van der Waals surface area contributed by atoms with Crippen LogP contribution in [0.4, 0.5) is 4.79 Å². The largest absolute Gasteiger partial charge is 0.449 e. The van der Waals surface area contributed by atoms with E-state index in [0.29, 0.717) is 41.5 Å². The van der Waals surface area contributed by atoms with Crippen molar-refractivity contribution in [2.24, 2.45) is 12.8 Å². The van der Waals surface area contributed by atoms with E-state index in [9.17, 15) is 9.59 Å². The van der Waals surface area contributed by atoms with Gasteiger partial charge in [-0.2, -0.15) is 5.10 Å². The highest BCUT2D eigenvalue weighted by atomic mass is 35.5. The summed E-state index contributed by atoms with van der Waals surface area (Å²) in [5.41, 5.74) is 9.86. The SMILES string of the molecule is CCCCOC(=O)N1CCN(C(=O)c2ccc3c(Cl)cc(-c4ccc5nn(C)cc5c4)nc3c2)CC1N. The lowest BCUT2D eigenvalue weighted by Gasteiger charge is -2.38. The molecule has 1 unspecified atom stereocenters. The van der Waals surface area contributed by atoms with Crippen LogP contribution in [-0.4, -0.2) is 69.0 Å². The maximum Gasteiger partial charge on any atom is 0.411 e. The number of benzene rings is 2. The van der Waals surface area contributed by atoms with E-state index in [1.165, 1.54) is 4.90 Å². The first-order chi connectivity index (χ1) is 17.8. The van der Waals surface area contributed by atoms with Crippen LogP contribution in [0.2, 0.25) is 5.02 Å². The van der Waals surface area contributed by atoms with E-state index < -0.39 is 12.3 Å². The molecule has 0 radical (unpaired) electrons. The minimum Gasteiger partial charge on any atom is -0.449 e. The van der Waals surface area contributed by atoms with Gasteiger partial charge in [0.2, 0.25) is 0 Å². The topological polar surface area (TPSA) is 107 Å². The Kier molecular flexibility index (Phi) is 6.99. The number of hydrogen-bond acceptors (Lipinski definition) is 6. The first kappa shape index (κ1) is 25.0. The Hall–Kier alpha value is -3.69. The van der Waals surface area contributed by atoms with Crippen molar-refractivity contribution in [2.45, 2.75) is 25.9 Å². The number of halogens is 1. The van der Waals surface area contributed by atoms with Crippen molar-refractivity contribution in [3.63, 3.8) is 0 Å². The molecule has 37 heavy (non-hydrogen) atoms. The van der Waals surface area contributed by atoms with Crippen LogP contribution in [0.25, 0.3) is 33.1 Å². The Morgan fingerprint density at radius 3 is 2.76 bits per heavy atom. The number of pyridine rings is 1. The van der Waals surface area contributed by atoms with Gasteiger partial charge in [-0.05, 0) is 36.8 Å². The van der Waals surface area contributed by atoms with Gasteiger partial charge < -0.3 is 15.4 Å². The average Bonchev–Trinajstić information content (AvgIpc) is 3.27. The van der Waals surface area contributed by atoms with Crippen LogP contribution in [0, 0.1) is 0 Å². The van der Waals surface area contributed by atoms with E-state index in [4.69, 9.17) is 27.1 Å². The van der Waals surface area contributed by atoms with E-state index in [1.807, 2.05) is 50.5 Å². The van der Waals surface area contributed by atoms with Crippen molar-refractivity contribution in [2.75, 3.05) is 26.2 Å². The summed E-state index contributed by atoms with van der Waals surface area (Å²) in [6.07, 6.45) is 2.63. The average molecular weight is 521 g/mol. The molecule has 192 valence electrons. The van der Waals surface area contributed by atoms with Crippen molar-refractivity contribution < 1.29 is 14.3 Å². The van der Waals surface area contributed by atoms with Crippen LogP contribution in [0.3, 0.4) is 0 Å². The maximum atomic E-state index is 13.3. The van der Waals surface area contributed by atoms with Crippen LogP contribution in [0.5, 0.6) is 0 Å². The van der Waals surface area contributed by atoms with Gasteiger partial charge in [-0.15, -0.1) is 0 Å². The number of carbonyl (C=O) groups is 2. The summed E-state index contributed by atoms with van der Waals surface area (Å²) < 4.78 is 7.05. The number of nitrogens with two attached hydrogens (primary N) is 1. The molecule has 2 aromatic heterocycles. The van der Waals surface area contributed by atoms with E-state index in [0.717, 1.165) is 34.7 Å². The first-order valence-electron chi connectivity index (χ1n) is 12.4. The molecule has 1 fully saturated rings. The Bertz CT molecular complexity index is 1490. The molecule has 1 aliphatic heterocycles. The predicted molar refractivity (Wildman–Crippen MR) is 143 cm³/mol. The standard InChI is InChI=1S/C27H29ClN6O3/c1-3-4-11-37-27(36)34-10-9-33(16-25(34)29)26(35)18-5-7-20-21(28)14-23(30-24(20)13-18)17-6-8-22-19(12-17)15-32(2)31-22/h5-8,12-15,25H,3-4,9-11,16,29H2,1-2H3. The van der Waals surface area contributed by atoms with Crippen LogP contribution in [0.15, 0.2) is 48.7 Å². The quantitative estimate of drug-likeness (QED) is 0.390. The fourth-order valence-electron chi connectivity index (χ4n) is 4.57. The van der Waals surface area contributed by atoms with E-state index in [-0.39, 0.29) is 12.5 Å². The van der Waals surface area contributed by atoms with Gasteiger partial charge in [-0.25, -0.2) is 9.78 Å². The van der Waals surface area contributed by atoms with Crippen LogP contribution in [-0.2, 0) is 11.8 Å². The smallest absolute Gasteiger partial charge is 0.411 e. The molecule has 3 heterocycles. The fraction of sp³-hybridized carbons (Fsp3) is 0.333. The molecular formula is C27H29ClN6O3. The van der Waals surface area contributed by atoms with Gasteiger partial charge in [0, 0.05) is 48.2 Å². The number of rotatable bonds is 5. The lowest BCUT2D eigenvalue weighted by molar-refractivity contribution is 0.0386. The molecule has 2 aromatic carbocycles. The third-order valence-corrected chi connectivity index (χ3v) is 6.90. The predicted octanol–water partition coefficient (Wildman–Crippen LogP) is 4.42. The number of fused-ring (bicyclic) bond motifs is 2. The summed E-state index contributed by atoms with van der Waals surface area (Å²) in [6, 6.07) is 13.1. The second-order valence-electron chi connectivity index (χ2n) is 9.28. The number of ether oxygens (including phenoxy) is 1. The molecule has 0 spiro atoms. The second kappa shape index (κ2) is 10.4. The zero-order valence-corrected chi connectivity index (χ0v) is 21.6. The van der Waals surface area contributed by atoms with E-state index in [1.54, 1.807) is 21.7 Å². The highest BCUT2D eigenvalue weighted by molar-refractivity contribution is 6.35. The molecule has 5 rings (SSSR count). The van der Waals surface area contributed by atoms with Gasteiger partial charge in [0.1, 0.15) is 6.17 Å². The number of aryl methyl sites for hydroxylation is 1. The zero-order valence-electron chi connectivity index (χ0n) is 20.9. The van der Waals surface area contributed by atoms with Crippen LogP contribution < -0.4 is 5.73 Å². The highest BCUT2D eigenvalue weighted by Gasteiger charge is 2.31. The van der Waals surface area contributed by atoms with Crippen LogP contribution in [0.1, 0.15) is 30.1 Å². The Morgan fingerprint density at radius 1 is 1.14 bits per heavy atom. The van der Waals surface area contributed by atoms with Gasteiger partial charge in [-0.3, -0.25) is 14.4 Å². The Labute approximate surface area is 219 Å². The van der Waals surface area contributed by atoms with Crippen molar-refractivity contribution >= 4 is 45.4 Å².